The number of halogens is 4. The highest BCUT2D eigenvalue weighted by molar-refractivity contribution is 14.0. The Morgan fingerprint density at radius 1 is 1.28 bits per heavy atom. The van der Waals surface area contributed by atoms with Gasteiger partial charge in [0.25, 0.3) is 0 Å². The summed E-state index contributed by atoms with van der Waals surface area (Å²) in [7, 11) is 3.08. The number of guanidine groups is 1. The minimum atomic E-state index is -4.46. The number of hydrogen-bond acceptors (Lipinski definition) is 2. The van der Waals surface area contributed by atoms with Crippen LogP contribution in [0, 0.1) is 5.92 Å². The van der Waals surface area contributed by atoms with Gasteiger partial charge in [0.05, 0.1) is 0 Å². The van der Waals surface area contributed by atoms with Gasteiger partial charge < -0.3 is 10.6 Å². The summed E-state index contributed by atoms with van der Waals surface area (Å²) in [5.74, 6) is 1.16. The van der Waals surface area contributed by atoms with Gasteiger partial charge in [-0.05, 0) is 19.3 Å². The average Bonchev–Trinajstić information content (AvgIpc) is 2.84. The first-order valence-corrected chi connectivity index (χ1v) is 8.20. The first-order chi connectivity index (χ1) is 11.1. The molecule has 1 aromatic heterocycles. The van der Waals surface area contributed by atoms with E-state index in [-0.39, 0.29) is 42.1 Å². The van der Waals surface area contributed by atoms with Gasteiger partial charge in [-0.2, -0.15) is 18.3 Å². The normalized spacial score (nSPS) is 13.6. The molecule has 0 saturated heterocycles. The molecule has 1 aromatic rings. The predicted octanol–water partition coefficient (Wildman–Crippen LogP) is 3.94. The van der Waals surface area contributed by atoms with Gasteiger partial charge in [-0.3, -0.25) is 9.67 Å². The quantitative estimate of drug-likeness (QED) is 0.357. The summed E-state index contributed by atoms with van der Waals surface area (Å²) in [5.41, 5.74) is -0.765. The molecule has 0 aliphatic heterocycles. The van der Waals surface area contributed by atoms with Crippen LogP contribution < -0.4 is 10.6 Å². The number of alkyl halides is 3. The largest absolute Gasteiger partial charge is 0.435 e. The molecular formula is C16H29F3IN5. The van der Waals surface area contributed by atoms with Crippen molar-refractivity contribution in [2.45, 2.75) is 58.8 Å². The van der Waals surface area contributed by atoms with Crippen LogP contribution in [0.1, 0.15) is 51.3 Å². The van der Waals surface area contributed by atoms with E-state index in [1.54, 1.807) is 7.05 Å². The topological polar surface area (TPSA) is 54.2 Å². The summed E-state index contributed by atoms with van der Waals surface area (Å²) in [6.45, 7) is 6.43. The Balaban J connectivity index is 0.00000576. The van der Waals surface area contributed by atoms with Crippen LogP contribution in [-0.2, 0) is 19.8 Å². The third kappa shape index (κ3) is 8.77. The van der Waals surface area contributed by atoms with Crippen molar-refractivity contribution >= 4 is 29.9 Å². The molecule has 1 unspecified atom stereocenters. The van der Waals surface area contributed by atoms with Gasteiger partial charge in [-0.1, -0.05) is 26.7 Å². The number of nitrogens with zero attached hydrogens (tertiary/aromatic N) is 3. The summed E-state index contributed by atoms with van der Waals surface area (Å²) in [6.07, 6.45) is 0.153. The summed E-state index contributed by atoms with van der Waals surface area (Å²) in [4.78, 5) is 4.07. The molecule has 1 rings (SSSR count). The molecule has 0 fully saturated rings. The molecule has 0 amide bonds. The number of rotatable bonds is 7. The Morgan fingerprint density at radius 3 is 2.44 bits per heavy atom. The van der Waals surface area contributed by atoms with E-state index in [0.29, 0.717) is 11.9 Å². The molecule has 1 atom stereocenters. The Morgan fingerprint density at radius 2 is 1.92 bits per heavy atom. The highest BCUT2D eigenvalue weighted by atomic mass is 127. The Labute approximate surface area is 164 Å². The van der Waals surface area contributed by atoms with Crippen LogP contribution in [-0.4, -0.2) is 28.8 Å². The zero-order valence-corrected chi connectivity index (χ0v) is 17.8. The van der Waals surface area contributed by atoms with E-state index in [9.17, 15) is 13.2 Å². The number of aliphatic imine (C=N–C) groups is 1. The van der Waals surface area contributed by atoms with Crippen LogP contribution in [0.4, 0.5) is 13.2 Å². The van der Waals surface area contributed by atoms with Crippen LogP contribution in [0.25, 0.3) is 0 Å². The molecule has 0 radical (unpaired) electrons. The van der Waals surface area contributed by atoms with Crippen molar-refractivity contribution in [2.24, 2.45) is 18.0 Å². The van der Waals surface area contributed by atoms with Gasteiger partial charge in [0, 0.05) is 38.4 Å². The van der Waals surface area contributed by atoms with Crippen molar-refractivity contribution in [3.63, 3.8) is 0 Å². The fraction of sp³-hybridized carbons (Fsp3) is 0.750. The van der Waals surface area contributed by atoms with Crippen LogP contribution >= 0.6 is 24.0 Å². The molecule has 0 aliphatic rings. The SMILES string of the molecule is CN=C(NCc1cn(C)nc1C(F)(F)F)NC(C)CCCC(C)C.I. The zero-order valence-electron chi connectivity index (χ0n) is 15.4. The van der Waals surface area contributed by atoms with Crippen molar-refractivity contribution in [3.8, 4) is 0 Å². The lowest BCUT2D eigenvalue weighted by Gasteiger charge is -2.18. The first-order valence-electron chi connectivity index (χ1n) is 8.20. The van der Waals surface area contributed by atoms with E-state index in [2.05, 4.69) is 34.6 Å². The number of hydrogen-bond donors (Lipinski definition) is 2. The standard InChI is InChI=1S/C16H28F3N5.HI/c1-11(2)7-6-8-12(3)22-15(20-4)21-9-13-10-24(5)23-14(13)16(17,18)19;/h10-12H,6-9H2,1-5H3,(H2,20,21,22);1H. The van der Waals surface area contributed by atoms with Crippen molar-refractivity contribution in [3.05, 3.63) is 17.5 Å². The number of nitrogens with one attached hydrogen (secondary N) is 2. The maximum Gasteiger partial charge on any atom is 0.435 e. The lowest BCUT2D eigenvalue weighted by Crippen LogP contribution is -2.42. The fourth-order valence-corrected chi connectivity index (χ4v) is 2.42. The molecule has 2 N–H and O–H groups in total. The predicted molar refractivity (Wildman–Crippen MR) is 105 cm³/mol. The lowest BCUT2D eigenvalue weighted by molar-refractivity contribution is -0.142. The van der Waals surface area contributed by atoms with Crippen LogP contribution in [0.5, 0.6) is 0 Å². The highest BCUT2D eigenvalue weighted by Gasteiger charge is 2.36. The molecule has 0 saturated carbocycles. The minimum Gasteiger partial charge on any atom is -0.354 e. The van der Waals surface area contributed by atoms with E-state index < -0.39 is 11.9 Å². The summed E-state index contributed by atoms with van der Waals surface area (Å²) in [5, 5.41) is 9.63. The third-order valence-electron chi connectivity index (χ3n) is 3.64. The second-order valence-corrected chi connectivity index (χ2v) is 6.47. The second kappa shape index (κ2) is 10.9. The van der Waals surface area contributed by atoms with E-state index in [1.165, 1.54) is 17.9 Å². The molecule has 0 aliphatic carbocycles. The van der Waals surface area contributed by atoms with Gasteiger partial charge in [-0.25, -0.2) is 0 Å². The van der Waals surface area contributed by atoms with Gasteiger partial charge in [0.2, 0.25) is 0 Å². The summed E-state index contributed by atoms with van der Waals surface area (Å²) >= 11 is 0. The molecule has 9 heteroatoms. The highest BCUT2D eigenvalue weighted by Crippen LogP contribution is 2.30. The van der Waals surface area contributed by atoms with Gasteiger partial charge >= 0.3 is 6.18 Å². The van der Waals surface area contributed by atoms with Gasteiger partial charge in [0.15, 0.2) is 11.7 Å². The molecular weight excluding hydrogens is 446 g/mol. The monoisotopic (exact) mass is 475 g/mol. The number of aryl methyl sites for hydroxylation is 1. The van der Waals surface area contributed by atoms with Crippen molar-refractivity contribution in [1.82, 2.24) is 20.4 Å². The summed E-state index contributed by atoms with van der Waals surface area (Å²) in [6, 6.07) is 0.200. The van der Waals surface area contributed by atoms with Gasteiger partial charge in [-0.15, -0.1) is 24.0 Å². The Kier molecular flexibility index (Phi) is 10.4. The van der Waals surface area contributed by atoms with Crippen LogP contribution in [0.2, 0.25) is 0 Å². The van der Waals surface area contributed by atoms with E-state index in [1.807, 2.05) is 6.92 Å². The number of aromatic nitrogens is 2. The lowest BCUT2D eigenvalue weighted by atomic mass is 10.0. The maximum atomic E-state index is 12.9. The molecule has 5 nitrogen and oxygen atoms in total. The second-order valence-electron chi connectivity index (χ2n) is 6.47. The Hall–Kier alpha value is -1.00. The molecule has 1 heterocycles. The Bertz CT molecular complexity index is 540. The smallest absolute Gasteiger partial charge is 0.354 e. The summed E-state index contributed by atoms with van der Waals surface area (Å²) < 4.78 is 40.0. The van der Waals surface area contributed by atoms with E-state index >= 15 is 0 Å². The van der Waals surface area contributed by atoms with Crippen molar-refractivity contribution < 1.29 is 13.2 Å². The van der Waals surface area contributed by atoms with Gasteiger partial charge in [0.1, 0.15) is 0 Å². The molecule has 146 valence electrons. The first kappa shape index (κ1) is 24.0. The third-order valence-corrected chi connectivity index (χ3v) is 3.64. The van der Waals surface area contributed by atoms with Crippen LogP contribution in [0.15, 0.2) is 11.2 Å². The molecule has 0 spiro atoms. The van der Waals surface area contributed by atoms with E-state index in [0.717, 1.165) is 19.3 Å². The average molecular weight is 475 g/mol. The van der Waals surface area contributed by atoms with Crippen LogP contribution in [0.3, 0.4) is 0 Å². The van der Waals surface area contributed by atoms with E-state index in [4.69, 9.17) is 0 Å². The maximum absolute atomic E-state index is 12.9. The molecule has 25 heavy (non-hydrogen) atoms. The fourth-order valence-electron chi connectivity index (χ4n) is 2.42. The van der Waals surface area contributed by atoms with Crippen molar-refractivity contribution in [2.75, 3.05) is 7.05 Å². The minimum absolute atomic E-state index is 0. The van der Waals surface area contributed by atoms with Crippen molar-refractivity contribution in [1.29, 1.82) is 0 Å². The zero-order chi connectivity index (χ0) is 18.3. The molecule has 0 bridgehead atoms. The molecule has 0 aromatic carbocycles.